The molecular formula is C18H24N3O2S+. The van der Waals surface area contributed by atoms with Crippen molar-refractivity contribution in [3.63, 3.8) is 0 Å². The summed E-state index contributed by atoms with van der Waals surface area (Å²) >= 11 is 1.65. The molecule has 1 N–H and O–H groups in total. The average Bonchev–Trinajstić information content (AvgIpc) is 2.78. The van der Waals surface area contributed by atoms with Gasteiger partial charge < -0.3 is 10.0 Å². The number of nitrogens with zero attached hydrogens (tertiary/aromatic N) is 3. The predicted octanol–water partition coefficient (Wildman–Crippen LogP) is 1.80. The van der Waals surface area contributed by atoms with Gasteiger partial charge in [-0.2, -0.15) is 0 Å². The SMILES string of the molecule is O=C(Cn1c2[n+](c3ccccc31)C[C@H](O)CS2)N1CCCCCC1. The molecule has 0 spiro atoms. The van der Waals surface area contributed by atoms with Crippen molar-refractivity contribution in [1.29, 1.82) is 0 Å². The lowest BCUT2D eigenvalue weighted by atomic mass is 10.2. The van der Waals surface area contributed by atoms with E-state index in [1.807, 2.05) is 17.0 Å². The number of likely N-dealkylation sites (tertiary alicyclic amines) is 1. The monoisotopic (exact) mass is 346 g/mol. The second-order valence-electron chi connectivity index (χ2n) is 6.73. The van der Waals surface area contributed by atoms with Crippen LogP contribution in [0.4, 0.5) is 0 Å². The first-order valence-electron chi connectivity index (χ1n) is 8.84. The molecule has 0 saturated carbocycles. The quantitative estimate of drug-likeness (QED) is 0.844. The van der Waals surface area contributed by atoms with Gasteiger partial charge in [0.05, 0.1) is 0 Å². The standard InChI is InChI=1S/C18H24N3O2S/c22-14-11-20-15-7-3-4-8-16(15)21(18(20)24-13-14)12-17(23)19-9-5-1-2-6-10-19/h3-4,7-8,14,22H,1-2,5-6,9-13H2/q+1/t14-/m0/s1. The third-order valence-electron chi connectivity index (χ3n) is 4.98. The lowest BCUT2D eigenvalue weighted by molar-refractivity contribution is -0.717. The number of carbonyl (C=O) groups excluding carboxylic acids is 1. The van der Waals surface area contributed by atoms with E-state index in [2.05, 4.69) is 21.3 Å². The molecule has 0 bridgehead atoms. The van der Waals surface area contributed by atoms with Crippen molar-refractivity contribution in [2.45, 2.75) is 50.0 Å². The van der Waals surface area contributed by atoms with Crippen molar-refractivity contribution in [2.24, 2.45) is 0 Å². The van der Waals surface area contributed by atoms with Gasteiger partial charge in [-0.25, -0.2) is 9.13 Å². The molecule has 0 radical (unpaired) electrons. The Labute approximate surface area is 146 Å². The highest BCUT2D eigenvalue weighted by molar-refractivity contribution is 7.99. The van der Waals surface area contributed by atoms with E-state index in [0.717, 1.165) is 42.1 Å². The number of hydrogen-bond donors (Lipinski definition) is 1. The van der Waals surface area contributed by atoms with Gasteiger partial charge in [-0.3, -0.25) is 4.79 Å². The minimum Gasteiger partial charge on any atom is -0.388 e. The van der Waals surface area contributed by atoms with Crippen molar-refractivity contribution in [2.75, 3.05) is 18.8 Å². The average molecular weight is 346 g/mol. The van der Waals surface area contributed by atoms with Gasteiger partial charge in [-0.15, -0.1) is 0 Å². The number of carbonyl (C=O) groups is 1. The molecule has 3 heterocycles. The summed E-state index contributed by atoms with van der Waals surface area (Å²) in [7, 11) is 0. The van der Waals surface area contributed by atoms with Crippen LogP contribution in [0.5, 0.6) is 0 Å². The zero-order valence-electron chi connectivity index (χ0n) is 13.9. The van der Waals surface area contributed by atoms with Gasteiger partial charge in [0.25, 0.3) is 5.91 Å². The Morgan fingerprint density at radius 1 is 1.21 bits per heavy atom. The molecule has 5 nitrogen and oxygen atoms in total. The lowest BCUT2D eigenvalue weighted by Gasteiger charge is -2.20. The van der Waals surface area contributed by atoms with Crippen LogP contribution in [-0.2, 0) is 17.9 Å². The Hall–Kier alpha value is -1.53. The van der Waals surface area contributed by atoms with Crippen molar-refractivity contribution >= 4 is 28.7 Å². The van der Waals surface area contributed by atoms with Crippen LogP contribution in [0.25, 0.3) is 11.0 Å². The Bertz CT molecular complexity index is 750. The van der Waals surface area contributed by atoms with E-state index in [4.69, 9.17) is 0 Å². The maximum absolute atomic E-state index is 12.8. The summed E-state index contributed by atoms with van der Waals surface area (Å²) in [4.78, 5) is 14.9. The highest BCUT2D eigenvalue weighted by Crippen LogP contribution is 2.26. The van der Waals surface area contributed by atoms with E-state index >= 15 is 0 Å². The number of thioether (sulfide) groups is 1. The van der Waals surface area contributed by atoms with E-state index < -0.39 is 0 Å². The first-order chi connectivity index (χ1) is 11.7. The van der Waals surface area contributed by atoms with Crippen molar-refractivity contribution < 1.29 is 14.5 Å². The number of aromatic nitrogens is 2. The molecule has 2 aliphatic rings. The number of hydrogen-bond acceptors (Lipinski definition) is 3. The van der Waals surface area contributed by atoms with Gasteiger partial charge >= 0.3 is 5.16 Å². The summed E-state index contributed by atoms with van der Waals surface area (Å²) in [5.41, 5.74) is 2.18. The molecule has 0 aliphatic carbocycles. The molecular weight excluding hydrogens is 322 g/mol. The first-order valence-corrected chi connectivity index (χ1v) is 9.82. The van der Waals surface area contributed by atoms with Crippen LogP contribution in [0.1, 0.15) is 25.7 Å². The number of rotatable bonds is 2. The van der Waals surface area contributed by atoms with Gasteiger partial charge in [0.1, 0.15) is 12.6 Å². The number of benzene rings is 1. The largest absolute Gasteiger partial charge is 0.388 e. The van der Waals surface area contributed by atoms with E-state index in [1.54, 1.807) is 11.8 Å². The first kappa shape index (κ1) is 16.0. The second-order valence-corrected chi connectivity index (χ2v) is 7.72. The molecule has 24 heavy (non-hydrogen) atoms. The molecule has 1 amide bonds. The zero-order valence-corrected chi connectivity index (χ0v) is 14.7. The Kier molecular flexibility index (Phi) is 4.50. The summed E-state index contributed by atoms with van der Waals surface area (Å²) in [6, 6.07) is 8.18. The summed E-state index contributed by atoms with van der Waals surface area (Å²) < 4.78 is 4.29. The molecule has 2 aromatic rings. The Morgan fingerprint density at radius 3 is 2.75 bits per heavy atom. The fourth-order valence-corrected chi connectivity index (χ4v) is 4.84. The molecule has 0 unspecified atom stereocenters. The number of aliphatic hydroxyl groups is 1. The van der Waals surface area contributed by atoms with Gasteiger partial charge in [0.2, 0.25) is 0 Å². The van der Waals surface area contributed by atoms with Crippen LogP contribution < -0.4 is 4.57 Å². The maximum atomic E-state index is 12.8. The lowest BCUT2D eigenvalue weighted by Crippen LogP contribution is -2.46. The predicted molar refractivity (Wildman–Crippen MR) is 93.9 cm³/mol. The Morgan fingerprint density at radius 2 is 1.96 bits per heavy atom. The summed E-state index contributed by atoms with van der Waals surface area (Å²) in [6.07, 6.45) is 4.37. The van der Waals surface area contributed by atoms with Crippen molar-refractivity contribution in [3.8, 4) is 0 Å². The molecule has 1 aromatic heterocycles. The van der Waals surface area contributed by atoms with Gasteiger partial charge in [-0.1, -0.05) is 25.0 Å². The zero-order chi connectivity index (χ0) is 16.5. The van der Waals surface area contributed by atoms with Gasteiger partial charge in [0.15, 0.2) is 17.6 Å². The van der Waals surface area contributed by atoms with Crippen LogP contribution in [0, 0.1) is 0 Å². The highest BCUT2D eigenvalue weighted by Gasteiger charge is 2.33. The third-order valence-corrected chi connectivity index (χ3v) is 6.23. The van der Waals surface area contributed by atoms with Crippen LogP contribution in [0.2, 0.25) is 0 Å². The molecule has 1 atom stereocenters. The molecule has 6 heteroatoms. The molecule has 128 valence electrons. The van der Waals surface area contributed by atoms with E-state index in [9.17, 15) is 9.90 Å². The van der Waals surface area contributed by atoms with Crippen LogP contribution >= 0.6 is 11.8 Å². The van der Waals surface area contributed by atoms with Crippen LogP contribution in [-0.4, -0.2) is 45.4 Å². The number of amides is 1. The van der Waals surface area contributed by atoms with Crippen molar-refractivity contribution in [1.82, 2.24) is 9.47 Å². The second kappa shape index (κ2) is 6.76. The summed E-state index contributed by atoms with van der Waals surface area (Å²) in [5, 5.41) is 11.1. The van der Waals surface area contributed by atoms with E-state index in [-0.39, 0.29) is 12.0 Å². The smallest absolute Gasteiger partial charge is 0.319 e. The van der Waals surface area contributed by atoms with Gasteiger partial charge in [0, 0.05) is 18.8 Å². The Balaban J connectivity index is 1.67. The maximum Gasteiger partial charge on any atom is 0.319 e. The van der Waals surface area contributed by atoms with E-state index in [0.29, 0.717) is 18.8 Å². The van der Waals surface area contributed by atoms with E-state index in [1.165, 1.54) is 12.8 Å². The highest BCUT2D eigenvalue weighted by atomic mass is 32.2. The summed E-state index contributed by atoms with van der Waals surface area (Å²) in [6.45, 7) is 2.78. The minimum absolute atomic E-state index is 0.216. The van der Waals surface area contributed by atoms with Crippen LogP contribution in [0.3, 0.4) is 0 Å². The topological polar surface area (TPSA) is 49.4 Å². The molecule has 4 rings (SSSR count). The number of para-hydroxylation sites is 2. The van der Waals surface area contributed by atoms with Gasteiger partial charge in [-0.05, 0) is 36.7 Å². The third kappa shape index (κ3) is 2.93. The number of fused-ring (bicyclic) bond motifs is 3. The number of imidazole rings is 1. The summed E-state index contributed by atoms with van der Waals surface area (Å²) in [5.74, 6) is 0.904. The molecule has 1 aromatic carbocycles. The molecule has 1 saturated heterocycles. The van der Waals surface area contributed by atoms with Crippen LogP contribution in [0.15, 0.2) is 29.4 Å². The fraction of sp³-hybridized carbons (Fsp3) is 0.556. The minimum atomic E-state index is -0.326. The fourth-order valence-electron chi connectivity index (χ4n) is 3.75. The normalized spacial score (nSPS) is 21.5. The number of aliphatic hydroxyl groups excluding tert-OH is 1. The molecule has 1 fully saturated rings. The molecule has 2 aliphatic heterocycles. The van der Waals surface area contributed by atoms with Crippen molar-refractivity contribution in [3.05, 3.63) is 24.3 Å².